The fraction of sp³-hybridized carbons (Fsp3) is 0.600. The smallest absolute Gasteiger partial charge is 0.171 e. The number of hydrogen-bond donors (Lipinski definition) is 2. The molecule has 114 valence electrons. The van der Waals surface area contributed by atoms with Crippen LogP contribution < -0.4 is 10.6 Å². The number of hydrogen-bond acceptors (Lipinski definition) is 5. The standard InChI is InChI=1S/C15H23N5O/c16-15(18-21)12-5-6-14(17-11-12)20-9-7-19(8-10-20)13-3-1-2-4-13/h5-6,11,13,21H,1-4,7-10H2,(H2,16,18). The van der Waals surface area contributed by atoms with Gasteiger partial charge in [-0.2, -0.15) is 0 Å². The maximum Gasteiger partial charge on any atom is 0.171 e. The lowest BCUT2D eigenvalue weighted by Crippen LogP contribution is -2.50. The number of nitrogens with two attached hydrogens (primary N) is 1. The maximum absolute atomic E-state index is 8.66. The van der Waals surface area contributed by atoms with Gasteiger partial charge in [-0.1, -0.05) is 18.0 Å². The van der Waals surface area contributed by atoms with E-state index >= 15 is 0 Å². The van der Waals surface area contributed by atoms with Gasteiger partial charge in [0.1, 0.15) is 5.82 Å². The molecular formula is C15H23N5O. The number of oxime groups is 1. The Hall–Kier alpha value is -1.82. The van der Waals surface area contributed by atoms with E-state index in [0.717, 1.165) is 38.0 Å². The van der Waals surface area contributed by atoms with Crippen molar-refractivity contribution in [3.05, 3.63) is 23.9 Å². The Bertz CT molecular complexity index is 487. The van der Waals surface area contributed by atoms with E-state index < -0.39 is 0 Å². The van der Waals surface area contributed by atoms with Gasteiger partial charge in [0, 0.05) is 44.0 Å². The van der Waals surface area contributed by atoms with Crippen LogP contribution in [-0.4, -0.2) is 53.1 Å². The molecule has 2 aliphatic rings. The van der Waals surface area contributed by atoms with Crippen LogP contribution in [0.5, 0.6) is 0 Å². The van der Waals surface area contributed by atoms with Crippen molar-refractivity contribution in [2.75, 3.05) is 31.1 Å². The number of pyridine rings is 1. The summed E-state index contributed by atoms with van der Waals surface area (Å²) < 4.78 is 0. The third-order valence-electron chi connectivity index (χ3n) is 4.63. The Balaban J connectivity index is 1.58. The molecule has 2 heterocycles. The molecule has 1 saturated heterocycles. The van der Waals surface area contributed by atoms with Gasteiger partial charge in [0.25, 0.3) is 0 Å². The lowest BCUT2D eigenvalue weighted by molar-refractivity contribution is 0.187. The first kappa shape index (κ1) is 14.1. The van der Waals surface area contributed by atoms with E-state index in [1.807, 2.05) is 12.1 Å². The third-order valence-corrected chi connectivity index (χ3v) is 4.63. The summed E-state index contributed by atoms with van der Waals surface area (Å²) in [6.07, 6.45) is 7.18. The fourth-order valence-electron chi connectivity index (χ4n) is 3.37. The van der Waals surface area contributed by atoms with E-state index in [1.54, 1.807) is 6.20 Å². The minimum atomic E-state index is 0.0973. The van der Waals surface area contributed by atoms with Crippen LogP contribution in [0.1, 0.15) is 31.2 Å². The molecule has 6 heteroatoms. The van der Waals surface area contributed by atoms with Crippen LogP contribution in [0.4, 0.5) is 5.82 Å². The highest BCUT2D eigenvalue weighted by Gasteiger charge is 2.26. The van der Waals surface area contributed by atoms with Gasteiger partial charge in [0.15, 0.2) is 5.84 Å². The second-order valence-corrected chi connectivity index (χ2v) is 5.85. The van der Waals surface area contributed by atoms with E-state index in [0.29, 0.717) is 5.56 Å². The Kier molecular flexibility index (Phi) is 4.24. The Morgan fingerprint density at radius 1 is 1.19 bits per heavy atom. The predicted octanol–water partition coefficient (Wildman–Crippen LogP) is 1.24. The molecule has 0 spiro atoms. The predicted molar refractivity (Wildman–Crippen MR) is 82.8 cm³/mol. The minimum absolute atomic E-state index is 0.0973. The minimum Gasteiger partial charge on any atom is -0.409 e. The monoisotopic (exact) mass is 289 g/mol. The maximum atomic E-state index is 8.66. The van der Waals surface area contributed by atoms with E-state index in [-0.39, 0.29) is 5.84 Å². The van der Waals surface area contributed by atoms with Crippen LogP contribution in [0.25, 0.3) is 0 Å². The van der Waals surface area contributed by atoms with Gasteiger partial charge < -0.3 is 15.8 Å². The highest BCUT2D eigenvalue weighted by Crippen LogP contribution is 2.25. The van der Waals surface area contributed by atoms with Crippen molar-refractivity contribution >= 4 is 11.7 Å². The molecule has 6 nitrogen and oxygen atoms in total. The number of aromatic nitrogens is 1. The van der Waals surface area contributed by atoms with Crippen LogP contribution in [0.2, 0.25) is 0 Å². The molecule has 3 N–H and O–H groups in total. The van der Waals surface area contributed by atoms with Crippen molar-refractivity contribution in [2.45, 2.75) is 31.7 Å². The van der Waals surface area contributed by atoms with Gasteiger partial charge in [-0.25, -0.2) is 4.98 Å². The molecule has 1 aliphatic heterocycles. The Morgan fingerprint density at radius 3 is 2.48 bits per heavy atom. The van der Waals surface area contributed by atoms with Gasteiger partial charge in [0.2, 0.25) is 0 Å². The Morgan fingerprint density at radius 2 is 1.90 bits per heavy atom. The van der Waals surface area contributed by atoms with Crippen molar-refractivity contribution in [3.63, 3.8) is 0 Å². The van der Waals surface area contributed by atoms with Crippen LogP contribution in [0.3, 0.4) is 0 Å². The fourth-order valence-corrected chi connectivity index (χ4v) is 3.37. The second kappa shape index (κ2) is 6.30. The summed E-state index contributed by atoms with van der Waals surface area (Å²) in [6.45, 7) is 4.28. The summed E-state index contributed by atoms with van der Waals surface area (Å²) in [4.78, 5) is 9.37. The molecule has 1 aromatic heterocycles. The zero-order valence-electron chi connectivity index (χ0n) is 12.3. The summed E-state index contributed by atoms with van der Waals surface area (Å²) >= 11 is 0. The average molecular weight is 289 g/mol. The van der Waals surface area contributed by atoms with Crippen LogP contribution in [0.15, 0.2) is 23.5 Å². The van der Waals surface area contributed by atoms with Crippen molar-refractivity contribution < 1.29 is 5.21 Å². The van der Waals surface area contributed by atoms with Crippen molar-refractivity contribution in [2.24, 2.45) is 10.9 Å². The third kappa shape index (κ3) is 3.10. The number of amidine groups is 1. The molecule has 21 heavy (non-hydrogen) atoms. The molecule has 0 amide bonds. The van der Waals surface area contributed by atoms with Crippen LogP contribution in [0, 0.1) is 0 Å². The molecule has 0 unspecified atom stereocenters. The lowest BCUT2D eigenvalue weighted by Gasteiger charge is -2.38. The zero-order valence-corrected chi connectivity index (χ0v) is 12.3. The average Bonchev–Trinajstić information content (AvgIpc) is 3.09. The summed E-state index contributed by atoms with van der Waals surface area (Å²) in [5, 5.41) is 11.6. The van der Waals surface area contributed by atoms with Gasteiger partial charge in [-0.3, -0.25) is 4.90 Å². The molecule has 0 radical (unpaired) electrons. The van der Waals surface area contributed by atoms with Gasteiger partial charge in [-0.05, 0) is 25.0 Å². The number of anilines is 1. The number of nitrogens with zero attached hydrogens (tertiary/aromatic N) is 4. The highest BCUT2D eigenvalue weighted by molar-refractivity contribution is 5.96. The molecule has 3 rings (SSSR count). The quantitative estimate of drug-likeness (QED) is 0.379. The molecule has 2 fully saturated rings. The molecular weight excluding hydrogens is 266 g/mol. The number of piperazine rings is 1. The normalized spacial score (nSPS) is 21.9. The summed E-state index contributed by atoms with van der Waals surface area (Å²) in [5.41, 5.74) is 6.19. The molecule has 1 saturated carbocycles. The van der Waals surface area contributed by atoms with Gasteiger partial charge in [-0.15, -0.1) is 0 Å². The van der Waals surface area contributed by atoms with E-state index in [4.69, 9.17) is 10.9 Å². The second-order valence-electron chi connectivity index (χ2n) is 5.85. The van der Waals surface area contributed by atoms with Gasteiger partial charge >= 0.3 is 0 Å². The summed E-state index contributed by atoms with van der Waals surface area (Å²) in [5.74, 6) is 1.07. The SMILES string of the molecule is NC(=NO)c1ccc(N2CCN(C3CCCC3)CC2)nc1. The molecule has 0 atom stereocenters. The zero-order chi connectivity index (χ0) is 14.7. The first-order valence-corrected chi connectivity index (χ1v) is 7.71. The van der Waals surface area contributed by atoms with Crippen LogP contribution >= 0.6 is 0 Å². The molecule has 1 aliphatic carbocycles. The first-order chi connectivity index (χ1) is 10.3. The molecule has 0 bridgehead atoms. The van der Waals surface area contributed by atoms with Crippen molar-refractivity contribution in [3.8, 4) is 0 Å². The lowest BCUT2D eigenvalue weighted by atomic mass is 10.2. The first-order valence-electron chi connectivity index (χ1n) is 7.71. The summed E-state index contributed by atoms with van der Waals surface area (Å²) in [6, 6.07) is 4.60. The number of rotatable bonds is 3. The van der Waals surface area contributed by atoms with E-state index in [2.05, 4.69) is 19.9 Å². The van der Waals surface area contributed by atoms with Gasteiger partial charge in [0.05, 0.1) is 0 Å². The van der Waals surface area contributed by atoms with Crippen molar-refractivity contribution in [1.29, 1.82) is 0 Å². The van der Waals surface area contributed by atoms with E-state index in [9.17, 15) is 0 Å². The Labute approximate surface area is 125 Å². The molecule has 0 aromatic carbocycles. The largest absolute Gasteiger partial charge is 0.409 e. The highest BCUT2D eigenvalue weighted by atomic mass is 16.4. The van der Waals surface area contributed by atoms with Crippen molar-refractivity contribution in [1.82, 2.24) is 9.88 Å². The summed E-state index contributed by atoms with van der Waals surface area (Å²) in [7, 11) is 0. The van der Waals surface area contributed by atoms with Crippen LogP contribution in [-0.2, 0) is 0 Å². The van der Waals surface area contributed by atoms with E-state index in [1.165, 1.54) is 25.7 Å². The molecule has 1 aromatic rings. The topological polar surface area (TPSA) is 78.0 Å².